The van der Waals surface area contributed by atoms with Crippen LogP contribution in [0.4, 0.5) is 10.5 Å². The van der Waals surface area contributed by atoms with Gasteiger partial charge in [0.15, 0.2) is 6.61 Å². The number of hydrogen-bond acceptors (Lipinski definition) is 4. The minimum absolute atomic E-state index is 0.112. The van der Waals surface area contributed by atoms with Gasteiger partial charge in [0.1, 0.15) is 0 Å². The molecule has 2 aliphatic rings. The van der Waals surface area contributed by atoms with Crippen LogP contribution in [0.1, 0.15) is 32.6 Å². The Bertz CT molecular complexity index is 686. The lowest BCUT2D eigenvalue weighted by Crippen LogP contribution is -2.44. The number of carbonyl (C=O) groups excluding carboxylic acids is 3. The number of ether oxygens (including phenoxy) is 1. The number of nitrogens with one attached hydrogen (secondary N) is 1. The van der Waals surface area contributed by atoms with Crippen molar-refractivity contribution in [3.63, 3.8) is 0 Å². The summed E-state index contributed by atoms with van der Waals surface area (Å²) >= 11 is 0. The third kappa shape index (κ3) is 5.47. The third-order valence-electron chi connectivity index (χ3n) is 5.49. The Morgan fingerprint density at radius 2 is 1.75 bits per heavy atom. The van der Waals surface area contributed by atoms with E-state index in [1.165, 1.54) is 0 Å². The van der Waals surface area contributed by atoms with E-state index in [4.69, 9.17) is 4.74 Å². The largest absolute Gasteiger partial charge is 0.455 e. The molecule has 2 saturated heterocycles. The Kier molecular flexibility index (Phi) is 6.90. The average Bonchev–Trinajstić information content (AvgIpc) is 2.72. The summed E-state index contributed by atoms with van der Waals surface area (Å²) in [7, 11) is 0. The van der Waals surface area contributed by atoms with E-state index in [2.05, 4.69) is 12.2 Å². The number of urea groups is 1. The lowest BCUT2D eigenvalue weighted by Gasteiger charge is -2.32. The fourth-order valence-corrected chi connectivity index (χ4v) is 3.80. The summed E-state index contributed by atoms with van der Waals surface area (Å²) in [6.45, 7) is 4.43. The molecule has 1 aromatic rings. The maximum atomic E-state index is 12.3. The van der Waals surface area contributed by atoms with Crippen LogP contribution >= 0.6 is 0 Å². The molecule has 7 nitrogen and oxygen atoms in total. The number of carbonyl (C=O) groups is 3. The Morgan fingerprint density at radius 3 is 2.43 bits per heavy atom. The second-order valence-corrected chi connectivity index (χ2v) is 7.75. The second kappa shape index (κ2) is 9.57. The van der Waals surface area contributed by atoms with E-state index in [9.17, 15) is 14.4 Å². The van der Waals surface area contributed by atoms with Crippen LogP contribution in [0.25, 0.3) is 0 Å². The number of amides is 3. The number of anilines is 1. The van der Waals surface area contributed by atoms with Crippen molar-refractivity contribution in [2.75, 3.05) is 38.1 Å². The number of para-hydroxylation sites is 1. The van der Waals surface area contributed by atoms with E-state index >= 15 is 0 Å². The first-order valence-electron chi connectivity index (χ1n) is 10.1. The Morgan fingerprint density at radius 1 is 1.04 bits per heavy atom. The lowest BCUT2D eigenvalue weighted by atomic mass is 9.97. The van der Waals surface area contributed by atoms with Gasteiger partial charge in [-0.1, -0.05) is 25.1 Å². The fraction of sp³-hybridized carbons (Fsp3) is 0.571. The van der Waals surface area contributed by atoms with Crippen molar-refractivity contribution in [2.24, 2.45) is 11.8 Å². The third-order valence-corrected chi connectivity index (χ3v) is 5.49. The van der Waals surface area contributed by atoms with Crippen molar-refractivity contribution < 1.29 is 19.1 Å². The molecule has 3 rings (SSSR count). The first kappa shape index (κ1) is 20.2. The van der Waals surface area contributed by atoms with Crippen molar-refractivity contribution in [1.29, 1.82) is 0 Å². The highest BCUT2D eigenvalue weighted by molar-refractivity contribution is 5.89. The average molecular weight is 387 g/mol. The molecule has 152 valence electrons. The van der Waals surface area contributed by atoms with Crippen LogP contribution < -0.4 is 5.32 Å². The van der Waals surface area contributed by atoms with Crippen molar-refractivity contribution in [2.45, 2.75) is 32.6 Å². The number of hydrogen-bond donors (Lipinski definition) is 1. The van der Waals surface area contributed by atoms with Gasteiger partial charge >= 0.3 is 12.0 Å². The fourth-order valence-electron chi connectivity index (χ4n) is 3.80. The van der Waals surface area contributed by atoms with Gasteiger partial charge in [0.05, 0.1) is 5.92 Å². The van der Waals surface area contributed by atoms with E-state index in [-0.39, 0.29) is 30.4 Å². The molecule has 0 radical (unpaired) electrons. The van der Waals surface area contributed by atoms with Crippen LogP contribution in [0, 0.1) is 11.8 Å². The smallest absolute Gasteiger partial charge is 0.321 e. The molecule has 28 heavy (non-hydrogen) atoms. The van der Waals surface area contributed by atoms with E-state index < -0.39 is 0 Å². The van der Waals surface area contributed by atoms with Crippen LogP contribution in [0.2, 0.25) is 0 Å². The summed E-state index contributed by atoms with van der Waals surface area (Å²) < 4.78 is 5.27. The van der Waals surface area contributed by atoms with Crippen molar-refractivity contribution in [3.05, 3.63) is 30.3 Å². The minimum atomic E-state index is -0.332. The maximum Gasteiger partial charge on any atom is 0.321 e. The zero-order valence-corrected chi connectivity index (χ0v) is 16.4. The Balaban J connectivity index is 1.38. The molecule has 0 aliphatic carbocycles. The Hall–Kier alpha value is -2.57. The van der Waals surface area contributed by atoms with Gasteiger partial charge < -0.3 is 19.9 Å². The van der Waals surface area contributed by atoms with Crippen LogP contribution in [0.3, 0.4) is 0 Å². The minimum Gasteiger partial charge on any atom is -0.455 e. The summed E-state index contributed by atoms with van der Waals surface area (Å²) in [4.78, 5) is 40.3. The normalized spacial score (nSPS) is 20.5. The highest BCUT2D eigenvalue weighted by Crippen LogP contribution is 2.20. The Labute approximate surface area is 166 Å². The van der Waals surface area contributed by atoms with Gasteiger partial charge in [0.25, 0.3) is 5.91 Å². The van der Waals surface area contributed by atoms with Gasteiger partial charge in [-0.15, -0.1) is 0 Å². The van der Waals surface area contributed by atoms with E-state index in [0.29, 0.717) is 31.8 Å². The number of nitrogens with zero attached hydrogens (tertiary/aromatic N) is 2. The van der Waals surface area contributed by atoms with Crippen LogP contribution in [0.5, 0.6) is 0 Å². The highest BCUT2D eigenvalue weighted by Gasteiger charge is 2.29. The van der Waals surface area contributed by atoms with E-state index in [1.54, 1.807) is 9.80 Å². The van der Waals surface area contributed by atoms with Gasteiger partial charge in [-0.2, -0.15) is 0 Å². The van der Waals surface area contributed by atoms with Gasteiger partial charge in [0, 0.05) is 31.9 Å². The van der Waals surface area contributed by atoms with Crippen molar-refractivity contribution >= 4 is 23.6 Å². The zero-order chi connectivity index (χ0) is 19.9. The topological polar surface area (TPSA) is 79.0 Å². The first-order valence-corrected chi connectivity index (χ1v) is 10.1. The summed E-state index contributed by atoms with van der Waals surface area (Å²) in [5.74, 6) is -0.199. The van der Waals surface area contributed by atoms with E-state index in [0.717, 1.165) is 31.6 Å². The molecule has 2 fully saturated rings. The summed E-state index contributed by atoms with van der Waals surface area (Å²) in [5, 5.41) is 2.86. The SMILES string of the molecule is C[C@@H]1CCCN(C(=O)COC(=O)C2CCN(C(=O)Nc3ccccc3)CC2)C1. The molecule has 7 heteroatoms. The van der Waals surface area contributed by atoms with Crippen molar-refractivity contribution in [3.8, 4) is 0 Å². The summed E-state index contributed by atoms with van der Waals surface area (Å²) in [5.41, 5.74) is 0.750. The number of piperidine rings is 2. The number of benzene rings is 1. The maximum absolute atomic E-state index is 12.3. The molecule has 1 N–H and O–H groups in total. The lowest BCUT2D eigenvalue weighted by molar-refractivity contribution is -0.157. The predicted molar refractivity (Wildman–Crippen MR) is 106 cm³/mol. The summed E-state index contributed by atoms with van der Waals surface area (Å²) in [6.07, 6.45) is 3.25. The number of esters is 1. The van der Waals surface area contributed by atoms with Gasteiger partial charge in [-0.05, 0) is 43.7 Å². The molecule has 1 atom stereocenters. The molecule has 0 bridgehead atoms. The molecule has 0 spiro atoms. The molecular formula is C21H29N3O4. The van der Waals surface area contributed by atoms with E-state index in [1.807, 2.05) is 30.3 Å². The standard InChI is InChI=1S/C21H29N3O4/c1-16-6-5-11-24(14-16)19(25)15-28-20(26)17-9-12-23(13-10-17)21(27)22-18-7-3-2-4-8-18/h2-4,7-8,16-17H,5-6,9-15H2,1H3,(H,22,27)/t16-/m1/s1. The van der Waals surface area contributed by atoms with Gasteiger partial charge in [-0.25, -0.2) is 4.79 Å². The molecule has 2 aliphatic heterocycles. The molecule has 0 saturated carbocycles. The van der Waals surface area contributed by atoms with Crippen LogP contribution in [-0.2, 0) is 14.3 Å². The zero-order valence-electron chi connectivity index (χ0n) is 16.4. The molecule has 0 unspecified atom stereocenters. The predicted octanol–water partition coefficient (Wildman–Crippen LogP) is 2.73. The first-order chi connectivity index (χ1) is 13.5. The molecule has 2 heterocycles. The monoisotopic (exact) mass is 387 g/mol. The number of rotatable bonds is 4. The number of likely N-dealkylation sites (tertiary alicyclic amines) is 2. The molecule has 1 aromatic carbocycles. The summed E-state index contributed by atoms with van der Waals surface area (Å²) in [6, 6.07) is 9.13. The van der Waals surface area contributed by atoms with Gasteiger partial charge in [0.2, 0.25) is 0 Å². The quantitative estimate of drug-likeness (QED) is 0.806. The second-order valence-electron chi connectivity index (χ2n) is 7.75. The highest BCUT2D eigenvalue weighted by atomic mass is 16.5. The van der Waals surface area contributed by atoms with Crippen LogP contribution in [-0.4, -0.2) is 60.5 Å². The van der Waals surface area contributed by atoms with Gasteiger partial charge in [-0.3, -0.25) is 9.59 Å². The molecule has 0 aromatic heterocycles. The molecular weight excluding hydrogens is 358 g/mol. The molecule has 3 amide bonds. The van der Waals surface area contributed by atoms with Crippen molar-refractivity contribution in [1.82, 2.24) is 9.80 Å². The van der Waals surface area contributed by atoms with Crippen LogP contribution in [0.15, 0.2) is 30.3 Å².